The molecule has 15 heteroatoms. The van der Waals surface area contributed by atoms with Gasteiger partial charge in [-0.3, -0.25) is 14.5 Å². The van der Waals surface area contributed by atoms with Crippen molar-refractivity contribution in [1.29, 1.82) is 0 Å². The number of methoxy groups -OCH3 is 1. The van der Waals surface area contributed by atoms with E-state index in [1.165, 1.54) is 21.8 Å². The minimum atomic E-state index is -5.09. The van der Waals surface area contributed by atoms with Gasteiger partial charge in [-0.25, -0.2) is 4.79 Å². The summed E-state index contributed by atoms with van der Waals surface area (Å²) in [7, 11) is 1.52. The van der Waals surface area contributed by atoms with Gasteiger partial charge < -0.3 is 25.0 Å². The fourth-order valence-corrected chi connectivity index (χ4v) is 6.44. The van der Waals surface area contributed by atoms with Crippen molar-refractivity contribution in [2.75, 3.05) is 20.2 Å². The summed E-state index contributed by atoms with van der Waals surface area (Å²) < 4.78 is 91.8. The summed E-state index contributed by atoms with van der Waals surface area (Å²) in [5, 5.41) is 0. The van der Waals surface area contributed by atoms with Gasteiger partial charge in [0.2, 0.25) is 11.8 Å². The molecule has 0 aromatic heterocycles. The number of ether oxygens (including phenoxy) is 2. The number of carbonyl (C=O) groups excluding carboxylic acids is 3. The molecule has 2 N–H and O–H groups in total. The highest BCUT2D eigenvalue weighted by Crippen LogP contribution is 2.37. The van der Waals surface area contributed by atoms with Gasteiger partial charge in [0.1, 0.15) is 24.6 Å². The number of amides is 3. The van der Waals surface area contributed by atoms with E-state index in [0.717, 1.165) is 11.1 Å². The number of hydrogen-bond acceptors (Lipinski definition) is 6. The first-order valence-electron chi connectivity index (χ1n) is 16.9. The normalized spacial score (nSPS) is 19.1. The Morgan fingerprint density at radius 3 is 2.04 bits per heavy atom. The van der Waals surface area contributed by atoms with E-state index in [-0.39, 0.29) is 56.8 Å². The Bertz CT molecular complexity index is 1640. The number of halogens is 6. The van der Waals surface area contributed by atoms with Crippen LogP contribution in [0.1, 0.15) is 60.9 Å². The van der Waals surface area contributed by atoms with Crippen molar-refractivity contribution in [3.8, 4) is 5.75 Å². The zero-order valence-electron chi connectivity index (χ0n) is 29.0. The summed E-state index contributed by atoms with van der Waals surface area (Å²) in [6.07, 6.45) is -11.7. The van der Waals surface area contributed by atoms with Crippen molar-refractivity contribution < 1.29 is 50.2 Å². The molecule has 3 amide bonds. The van der Waals surface area contributed by atoms with Gasteiger partial charge in [0.05, 0.1) is 24.8 Å². The van der Waals surface area contributed by atoms with Crippen LogP contribution in [0.2, 0.25) is 0 Å². The summed E-state index contributed by atoms with van der Waals surface area (Å²) in [6.45, 7) is 3.31. The van der Waals surface area contributed by atoms with Crippen LogP contribution < -0.4 is 10.5 Å². The molecule has 2 heterocycles. The third-order valence-corrected chi connectivity index (χ3v) is 8.80. The van der Waals surface area contributed by atoms with Crippen molar-refractivity contribution in [2.24, 2.45) is 5.73 Å². The molecule has 2 unspecified atom stereocenters. The Labute approximate surface area is 298 Å². The molecule has 0 bridgehead atoms. The van der Waals surface area contributed by atoms with Gasteiger partial charge in [0, 0.05) is 19.0 Å². The molecule has 0 radical (unpaired) electrons. The van der Waals surface area contributed by atoms with Gasteiger partial charge in [-0.1, -0.05) is 56.3 Å². The summed E-state index contributed by atoms with van der Waals surface area (Å²) in [5.41, 5.74) is 3.67. The second-order valence-corrected chi connectivity index (χ2v) is 12.2. The lowest BCUT2D eigenvalue weighted by Crippen LogP contribution is -2.73. The first-order chi connectivity index (χ1) is 24.7. The number of hydrogen-bond donors (Lipinski definition) is 1. The molecule has 0 aliphatic carbocycles. The van der Waals surface area contributed by atoms with Crippen LogP contribution in [0.3, 0.4) is 0 Å². The Kier molecular flexibility index (Phi) is 13.2. The zero-order valence-corrected chi connectivity index (χ0v) is 29.0. The van der Waals surface area contributed by atoms with Crippen LogP contribution in [0.15, 0.2) is 72.8 Å². The van der Waals surface area contributed by atoms with Crippen LogP contribution in [0.25, 0.3) is 0 Å². The lowest BCUT2D eigenvalue weighted by molar-refractivity contribution is -0.172. The third-order valence-electron chi connectivity index (χ3n) is 8.80. The topological polar surface area (TPSA) is 105 Å². The van der Waals surface area contributed by atoms with E-state index in [1.54, 1.807) is 54.6 Å². The Morgan fingerprint density at radius 2 is 1.48 bits per heavy atom. The van der Waals surface area contributed by atoms with Gasteiger partial charge in [-0.05, 0) is 72.8 Å². The summed E-state index contributed by atoms with van der Waals surface area (Å²) in [4.78, 5) is 45.9. The maximum atomic E-state index is 14.0. The maximum Gasteiger partial charge on any atom is 0.416 e. The molecule has 5 rings (SSSR count). The van der Waals surface area contributed by atoms with E-state index in [1.807, 2.05) is 13.8 Å². The van der Waals surface area contributed by atoms with E-state index >= 15 is 0 Å². The lowest BCUT2D eigenvalue weighted by atomic mass is 9.93. The molecule has 52 heavy (non-hydrogen) atoms. The quantitative estimate of drug-likeness (QED) is 0.225. The molecule has 2 aliphatic rings. The molecule has 0 saturated carbocycles. The first-order valence-corrected chi connectivity index (χ1v) is 16.9. The predicted molar refractivity (Wildman–Crippen MR) is 179 cm³/mol. The lowest BCUT2D eigenvalue weighted by Gasteiger charge is -2.54. The van der Waals surface area contributed by atoms with Gasteiger partial charge in [-0.15, -0.1) is 0 Å². The molecule has 2 aliphatic heterocycles. The number of carbonyl (C=O) groups is 3. The van der Waals surface area contributed by atoms with Crippen LogP contribution >= 0.6 is 0 Å². The number of alkyl halides is 6. The van der Waals surface area contributed by atoms with E-state index in [2.05, 4.69) is 0 Å². The zero-order chi connectivity index (χ0) is 38.2. The summed E-state index contributed by atoms with van der Waals surface area (Å²) in [5.74, 6) is -0.131. The fourth-order valence-electron chi connectivity index (χ4n) is 6.44. The molecule has 9 nitrogen and oxygen atoms in total. The van der Waals surface area contributed by atoms with Crippen LogP contribution in [0, 0.1) is 0 Å². The monoisotopic (exact) mass is 736 g/mol. The van der Waals surface area contributed by atoms with E-state index < -0.39 is 60.0 Å². The van der Waals surface area contributed by atoms with Gasteiger partial charge >= 0.3 is 18.4 Å². The minimum Gasteiger partial charge on any atom is -0.497 e. The molecule has 3 aromatic carbocycles. The number of benzene rings is 3. The number of rotatable bonds is 10. The molecule has 3 atom stereocenters. The summed E-state index contributed by atoms with van der Waals surface area (Å²) in [6, 6.07) is 15.1. The molecule has 0 spiro atoms. The molecule has 282 valence electrons. The summed E-state index contributed by atoms with van der Waals surface area (Å²) >= 11 is 0. The van der Waals surface area contributed by atoms with Crippen molar-refractivity contribution in [2.45, 2.75) is 83.3 Å². The van der Waals surface area contributed by atoms with Crippen LogP contribution in [-0.2, 0) is 46.3 Å². The molecule has 2 fully saturated rings. The van der Waals surface area contributed by atoms with Gasteiger partial charge in [0.15, 0.2) is 0 Å². The van der Waals surface area contributed by atoms with Crippen LogP contribution in [-0.4, -0.2) is 71.1 Å². The highest BCUT2D eigenvalue weighted by Gasteiger charge is 2.52. The number of fused-ring (bicyclic) bond motifs is 1. The smallest absolute Gasteiger partial charge is 0.416 e. The van der Waals surface area contributed by atoms with Crippen molar-refractivity contribution in [3.05, 3.63) is 101 Å². The average Bonchev–Trinajstić information content (AvgIpc) is 3.11. The molecular formula is C37H42F6N4O5. The van der Waals surface area contributed by atoms with E-state index in [4.69, 9.17) is 15.2 Å². The Morgan fingerprint density at radius 1 is 0.865 bits per heavy atom. The Hall–Kier alpha value is -4.79. The fraction of sp³-hybridized carbons (Fsp3) is 0.432. The number of nitrogens with zero attached hydrogens (tertiary/aromatic N) is 3. The minimum absolute atomic E-state index is 0.00669. The third kappa shape index (κ3) is 9.55. The molecule has 3 aromatic rings. The number of nitrogens with two attached hydrogens (primary N) is 1. The van der Waals surface area contributed by atoms with Gasteiger partial charge in [-0.2, -0.15) is 26.3 Å². The number of piperazine rings is 1. The molecular weight excluding hydrogens is 694 g/mol. The average molecular weight is 737 g/mol. The van der Waals surface area contributed by atoms with E-state index in [9.17, 15) is 40.7 Å². The Balaban J connectivity index is 0.00000297. The van der Waals surface area contributed by atoms with Crippen LogP contribution in [0.5, 0.6) is 5.75 Å². The van der Waals surface area contributed by atoms with Crippen molar-refractivity contribution in [1.82, 2.24) is 14.7 Å². The second-order valence-electron chi connectivity index (χ2n) is 12.2. The standard InChI is InChI=1S/C35H36F6N4O5.C2H6/c1-49-28-11-9-23(10-12-28)19-43-20-30-44(33(48)50-21-24-14-25(34(36,37)38)17-26(15-24)35(39,40)41)27(16-22-6-3-2-4-7-22)18-31(46)45(30)29(32(43)47)8-5-13-42;1-2/h2-4,6-7,9-12,14-15,17,27,29-30H,5,8,13,16,18-21,42H2,1H3;1-2H3/t27?,29-,30?;/m0./s1. The highest BCUT2D eigenvalue weighted by atomic mass is 19.4. The highest BCUT2D eigenvalue weighted by molar-refractivity contribution is 5.91. The second kappa shape index (κ2) is 17.2. The first kappa shape index (κ1) is 40.0. The SMILES string of the molecule is CC.COc1ccc(CN2CC3N(C(=O)OCc4cc(C(F)(F)F)cc(C(F)(F)F)c4)C(Cc4ccccc4)CC(=O)N3[C@@H](CCCN)C2=O)cc1. The van der Waals surface area contributed by atoms with Crippen LogP contribution in [0.4, 0.5) is 31.1 Å². The molecule has 2 saturated heterocycles. The largest absolute Gasteiger partial charge is 0.497 e. The van der Waals surface area contributed by atoms with Gasteiger partial charge in [0.25, 0.3) is 0 Å². The van der Waals surface area contributed by atoms with Crippen molar-refractivity contribution in [3.63, 3.8) is 0 Å². The predicted octanol–water partition coefficient (Wildman–Crippen LogP) is 7.02. The van der Waals surface area contributed by atoms with Crippen molar-refractivity contribution >= 4 is 17.9 Å². The maximum absolute atomic E-state index is 14.0. The van der Waals surface area contributed by atoms with E-state index in [0.29, 0.717) is 24.3 Å².